The summed E-state index contributed by atoms with van der Waals surface area (Å²) in [6.07, 6.45) is 3.34. The topological polar surface area (TPSA) is 40.6 Å². The Bertz CT molecular complexity index is 523. The number of hydrogen-bond donors (Lipinski definition) is 0. The van der Waals surface area contributed by atoms with Crippen LogP contribution in [0.3, 0.4) is 0 Å². The van der Waals surface area contributed by atoms with Crippen LogP contribution in [0.25, 0.3) is 0 Å². The minimum absolute atomic E-state index is 0.104. The summed E-state index contributed by atoms with van der Waals surface area (Å²) in [4.78, 5) is 28.6. The van der Waals surface area contributed by atoms with Crippen molar-refractivity contribution in [3.05, 3.63) is 35.9 Å². The molecular formula is C17H22N2O2. The third kappa shape index (κ3) is 2.67. The van der Waals surface area contributed by atoms with E-state index in [1.54, 1.807) is 4.90 Å². The maximum absolute atomic E-state index is 12.8. The zero-order valence-corrected chi connectivity index (χ0v) is 12.5. The van der Waals surface area contributed by atoms with Crippen molar-refractivity contribution < 1.29 is 9.59 Å². The number of piperidine rings is 1. The molecule has 2 fully saturated rings. The highest BCUT2D eigenvalue weighted by Crippen LogP contribution is 2.37. The van der Waals surface area contributed by atoms with E-state index in [-0.39, 0.29) is 23.8 Å². The molecule has 0 unspecified atom stereocenters. The Labute approximate surface area is 125 Å². The van der Waals surface area contributed by atoms with Gasteiger partial charge in [-0.25, -0.2) is 0 Å². The summed E-state index contributed by atoms with van der Waals surface area (Å²) in [6.45, 7) is 1.74. The van der Waals surface area contributed by atoms with Crippen LogP contribution in [0.4, 0.5) is 0 Å². The molecule has 4 nitrogen and oxygen atoms in total. The molecule has 0 radical (unpaired) electrons. The minimum atomic E-state index is -0.124. The van der Waals surface area contributed by atoms with Crippen LogP contribution in [-0.2, 0) is 9.59 Å². The predicted molar refractivity (Wildman–Crippen MR) is 80.5 cm³/mol. The highest BCUT2D eigenvalue weighted by Gasteiger charge is 2.40. The monoisotopic (exact) mass is 286 g/mol. The maximum Gasteiger partial charge on any atom is 0.228 e. The Balaban J connectivity index is 1.89. The quantitative estimate of drug-likeness (QED) is 0.836. The fraction of sp³-hybridized carbons (Fsp3) is 0.529. The molecule has 0 N–H and O–H groups in total. The van der Waals surface area contributed by atoms with Gasteiger partial charge in [0, 0.05) is 26.6 Å². The van der Waals surface area contributed by atoms with Gasteiger partial charge in [0.05, 0.1) is 12.0 Å². The summed E-state index contributed by atoms with van der Waals surface area (Å²) in [5.41, 5.74) is 1.06. The van der Waals surface area contributed by atoms with Gasteiger partial charge in [-0.15, -0.1) is 0 Å². The van der Waals surface area contributed by atoms with Gasteiger partial charge in [0.15, 0.2) is 0 Å². The van der Waals surface area contributed by atoms with Crippen molar-refractivity contribution >= 4 is 11.8 Å². The van der Waals surface area contributed by atoms with Crippen molar-refractivity contribution in [3.8, 4) is 0 Å². The van der Waals surface area contributed by atoms with Crippen LogP contribution < -0.4 is 0 Å². The van der Waals surface area contributed by atoms with E-state index in [9.17, 15) is 9.59 Å². The molecule has 2 aliphatic heterocycles. The van der Waals surface area contributed by atoms with Gasteiger partial charge in [0.2, 0.25) is 11.8 Å². The number of carbonyl (C=O) groups is 2. The van der Waals surface area contributed by atoms with Gasteiger partial charge in [0.1, 0.15) is 0 Å². The SMILES string of the molecule is CN1C(=O)CC[C@H](C(=O)N2CCCC2)[C@@H]1c1ccccc1. The summed E-state index contributed by atoms with van der Waals surface area (Å²) >= 11 is 0. The zero-order chi connectivity index (χ0) is 14.8. The molecule has 3 rings (SSSR count). The maximum atomic E-state index is 12.8. The Morgan fingerprint density at radius 1 is 1.14 bits per heavy atom. The van der Waals surface area contributed by atoms with Gasteiger partial charge < -0.3 is 9.80 Å². The van der Waals surface area contributed by atoms with Gasteiger partial charge >= 0.3 is 0 Å². The largest absolute Gasteiger partial charge is 0.342 e. The van der Waals surface area contributed by atoms with E-state index in [0.717, 1.165) is 31.5 Å². The van der Waals surface area contributed by atoms with E-state index < -0.39 is 0 Å². The van der Waals surface area contributed by atoms with Gasteiger partial charge in [0.25, 0.3) is 0 Å². The standard InChI is InChI=1S/C17H22N2O2/c1-18-15(20)10-9-14(17(21)19-11-5-6-12-19)16(18)13-7-3-2-4-8-13/h2-4,7-8,14,16H,5-6,9-12H2,1H3/t14-,16-/m0/s1. The van der Waals surface area contributed by atoms with E-state index >= 15 is 0 Å². The van der Waals surface area contributed by atoms with Gasteiger partial charge in [-0.1, -0.05) is 30.3 Å². The molecule has 0 spiro atoms. The lowest BCUT2D eigenvalue weighted by atomic mass is 9.83. The molecule has 112 valence electrons. The van der Waals surface area contributed by atoms with Gasteiger partial charge in [-0.05, 0) is 24.8 Å². The lowest BCUT2D eigenvalue weighted by molar-refractivity contribution is -0.146. The molecule has 1 aromatic rings. The lowest BCUT2D eigenvalue weighted by Gasteiger charge is -2.40. The first-order chi connectivity index (χ1) is 10.2. The fourth-order valence-electron chi connectivity index (χ4n) is 3.57. The molecule has 2 amide bonds. The first-order valence-corrected chi connectivity index (χ1v) is 7.78. The van der Waals surface area contributed by atoms with Crippen molar-refractivity contribution in [2.45, 2.75) is 31.7 Å². The number of rotatable bonds is 2. The molecule has 2 heterocycles. The predicted octanol–water partition coefficient (Wildman–Crippen LogP) is 2.22. The Kier molecular flexibility index (Phi) is 3.95. The third-order valence-electron chi connectivity index (χ3n) is 4.74. The average molecular weight is 286 g/mol. The van der Waals surface area contributed by atoms with Crippen molar-refractivity contribution in [1.82, 2.24) is 9.80 Å². The molecule has 2 aliphatic rings. The van der Waals surface area contributed by atoms with E-state index in [0.29, 0.717) is 12.8 Å². The first-order valence-electron chi connectivity index (χ1n) is 7.78. The van der Waals surface area contributed by atoms with Crippen LogP contribution in [0.5, 0.6) is 0 Å². The molecule has 0 aliphatic carbocycles. The number of likely N-dealkylation sites (tertiary alicyclic amines) is 2. The molecule has 1 aromatic carbocycles. The summed E-state index contributed by atoms with van der Waals surface area (Å²) in [5, 5.41) is 0. The van der Waals surface area contributed by atoms with Crippen molar-refractivity contribution in [3.63, 3.8) is 0 Å². The Morgan fingerprint density at radius 2 is 1.81 bits per heavy atom. The third-order valence-corrected chi connectivity index (χ3v) is 4.74. The average Bonchev–Trinajstić information content (AvgIpc) is 3.04. The second-order valence-corrected chi connectivity index (χ2v) is 6.04. The summed E-state index contributed by atoms with van der Waals surface area (Å²) < 4.78 is 0. The van der Waals surface area contributed by atoms with Crippen LogP contribution in [0, 0.1) is 5.92 Å². The van der Waals surface area contributed by atoms with Crippen LogP contribution >= 0.6 is 0 Å². The molecule has 21 heavy (non-hydrogen) atoms. The Morgan fingerprint density at radius 3 is 2.48 bits per heavy atom. The van der Waals surface area contributed by atoms with Crippen LogP contribution in [-0.4, -0.2) is 41.8 Å². The normalized spacial score (nSPS) is 26.2. The molecule has 4 heteroatoms. The van der Waals surface area contributed by atoms with E-state index in [1.807, 2.05) is 42.3 Å². The number of hydrogen-bond acceptors (Lipinski definition) is 2. The number of carbonyl (C=O) groups excluding carboxylic acids is 2. The molecule has 2 atom stereocenters. The van der Waals surface area contributed by atoms with E-state index in [2.05, 4.69) is 0 Å². The van der Waals surface area contributed by atoms with Crippen LogP contribution in [0.15, 0.2) is 30.3 Å². The summed E-state index contributed by atoms with van der Waals surface area (Å²) in [5.74, 6) is 0.253. The number of amides is 2. The Hall–Kier alpha value is -1.84. The number of benzene rings is 1. The van der Waals surface area contributed by atoms with Crippen molar-refractivity contribution in [2.24, 2.45) is 5.92 Å². The molecule has 0 bridgehead atoms. The molecular weight excluding hydrogens is 264 g/mol. The molecule has 0 saturated carbocycles. The van der Waals surface area contributed by atoms with E-state index in [1.165, 1.54) is 0 Å². The highest BCUT2D eigenvalue weighted by molar-refractivity contribution is 5.85. The fourth-order valence-corrected chi connectivity index (χ4v) is 3.57. The van der Waals surface area contributed by atoms with Crippen LogP contribution in [0.1, 0.15) is 37.3 Å². The molecule has 0 aromatic heterocycles. The zero-order valence-electron chi connectivity index (χ0n) is 12.5. The first kappa shape index (κ1) is 14.1. The van der Waals surface area contributed by atoms with Crippen molar-refractivity contribution in [1.29, 1.82) is 0 Å². The minimum Gasteiger partial charge on any atom is -0.342 e. The van der Waals surface area contributed by atoms with Crippen LogP contribution in [0.2, 0.25) is 0 Å². The lowest BCUT2D eigenvalue weighted by Crippen LogP contribution is -2.47. The number of nitrogens with zero attached hydrogens (tertiary/aromatic N) is 2. The highest BCUT2D eigenvalue weighted by atomic mass is 16.2. The van der Waals surface area contributed by atoms with Gasteiger partial charge in [-0.2, -0.15) is 0 Å². The van der Waals surface area contributed by atoms with E-state index in [4.69, 9.17) is 0 Å². The second kappa shape index (κ2) is 5.88. The second-order valence-electron chi connectivity index (χ2n) is 6.04. The summed E-state index contributed by atoms with van der Waals surface area (Å²) in [7, 11) is 1.82. The van der Waals surface area contributed by atoms with Crippen molar-refractivity contribution in [2.75, 3.05) is 20.1 Å². The smallest absolute Gasteiger partial charge is 0.228 e. The molecule has 2 saturated heterocycles. The summed E-state index contributed by atoms with van der Waals surface area (Å²) in [6, 6.07) is 9.82. The van der Waals surface area contributed by atoms with Gasteiger partial charge in [-0.3, -0.25) is 9.59 Å².